The maximum absolute atomic E-state index is 12.1. The van der Waals surface area contributed by atoms with Crippen molar-refractivity contribution in [3.63, 3.8) is 0 Å². The normalized spacial score (nSPS) is 25.7. The first-order valence-corrected chi connectivity index (χ1v) is 12.1. The molecule has 9 heteroatoms. The number of hydrogen-bond acceptors (Lipinski definition) is 7. The molecule has 1 fully saturated rings. The van der Waals surface area contributed by atoms with Gasteiger partial charge >= 0.3 is 0 Å². The largest absolute Gasteiger partial charge is 0.369 e. The standard InChI is InChI=1S/C26H34N8O/c1-17-3-5-18(6-4-17)15-32-16-20(24(27)35)9-11-26(32,2)23-10-12-33(25(28)34(23)29)21-8-7-19-14-30-31-22(19)13-21/h3-8,10,13-14,20,25H,9,11-12,15-16,28-29H2,1-2H3,(H2,27,35)(H,30,31)/t20-,25?,26+/m0/s1. The SMILES string of the molecule is Cc1ccc(CN2C[C@@H](C(N)=O)CC[C@]2(C)C2=CCN(c3ccc4cn[nH]c4c3)C(N)N2N)cc1. The number of fused-ring (bicyclic) bond motifs is 1. The Balaban J connectivity index is 1.45. The molecule has 0 aliphatic carbocycles. The van der Waals surface area contributed by atoms with Crippen LogP contribution < -0.4 is 22.2 Å². The highest BCUT2D eigenvalue weighted by atomic mass is 16.1. The Morgan fingerprint density at radius 1 is 1.23 bits per heavy atom. The minimum Gasteiger partial charge on any atom is -0.369 e. The predicted molar refractivity (Wildman–Crippen MR) is 137 cm³/mol. The number of aromatic nitrogens is 2. The number of aromatic amines is 1. The Morgan fingerprint density at radius 3 is 2.74 bits per heavy atom. The van der Waals surface area contributed by atoms with E-state index in [0.29, 0.717) is 19.6 Å². The van der Waals surface area contributed by atoms with Crippen molar-refractivity contribution < 1.29 is 4.79 Å². The van der Waals surface area contributed by atoms with Gasteiger partial charge in [0, 0.05) is 30.7 Å². The fourth-order valence-corrected chi connectivity index (χ4v) is 5.40. The van der Waals surface area contributed by atoms with Crippen LogP contribution in [0.4, 0.5) is 5.69 Å². The molecule has 184 valence electrons. The number of likely N-dealkylation sites (tertiary alicyclic amines) is 1. The number of piperidine rings is 1. The molecule has 1 unspecified atom stereocenters. The molecule has 0 bridgehead atoms. The first-order valence-electron chi connectivity index (χ1n) is 12.1. The van der Waals surface area contributed by atoms with Gasteiger partial charge in [-0.1, -0.05) is 29.8 Å². The quantitative estimate of drug-likeness (QED) is 0.416. The molecular formula is C26H34N8O. The van der Waals surface area contributed by atoms with Gasteiger partial charge in [0.2, 0.25) is 5.91 Å². The summed E-state index contributed by atoms with van der Waals surface area (Å²) in [6.45, 7) is 6.18. The van der Waals surface area contributed by atoms with Crippen LogP contribution in [0.15, 0.2) is 60.4 Å². The fraction of sp³-hybridized carbons (Fsp3) is 0.385. The minimum absolute atomic E-state index is 0.185. The van der Waals surface area contributed by atoms with E-state index in [-0.39, 0.29) is 17.4 Å². The summed E-state index contributed by atoms with van der Waals surface area (Å²) in [7, 11) is 0. The van der Waals surface area contributed by atoms with E-state index in [1.165, 1.54) is 11.1 Å². The van der Waals surface area contributed by atoms with Gasteiger partial charge in [-0.2, -0.15) is 5.10 Å². The molecule has 9 nitrogen and oxygen atoms in total. The summed E-state index contributed by atoms with van der Waals surface area (Å²) in [4.78, 5) is 16.5. The molecule has 5 rings (SSSR count). The Morgan fingerprint density at radius 2 is 2.00 bits per heavy atom. The lowest BCUT2D eigenvalue weighted by Gasteiger charge is -2.53. The zero-order chi connectivity index (χ0) is 24.7. The number of rotatable bonds is 5. The summed E-state index contributed by atoms with van der Waals surface area (Å²) < 4.78 is 0. The van der Waals surface area contributed by atoms with E-state index >= 15 is 0 Å². The molecule has 0 saturated carbocycles. The number of benzene rings is 2. The van der Waals surface area contributed by atoms with Crippen LogP contribution in [0.5, 0.6) is 0 Å². The molecule has 2 aliphatic heterocycles. The number of carbonyl (C=O) groups excluding carboxylic acids is 1. The zero-order valence-electron chi connectivity index (χ0n) is 20.3. The van der Waals surface area contributed by atoms with Gasteiger partial charge in [-0.25, -0.2) is 5.84 Å². The number of carbonyl (C=O) groups is 1. The van der Waals surface area contributed by atoms with Gasteiger partial charge in [0.15, 0.2) is 6.29 Å². The number of aryl methyl sites for hydroxylation is 1. The smallest absolute Gasteiger partial charge is 0.221 e. The first-order chi connectivity index (χ1) is 16.8. The van der Waals surface area contributed by atoms with Crippen LogP contribution in [0.2, 0.25) is 0 Å². The van der Waals surface area contributed by atoms with Crippen molar-refractivity contribution in [3.8, 4) is 0 Å². The lowest BCUT2D eigenvalue weighted by Crippen LogP contribution is -2.66. The van der Waals surface area contributed by atoms with Crippen molar-refractivity contribution in [2.75, 3.05) is 18.0 Å². The Hall–Kier alpha value is -3.40. The highest BCUT2D eigenvalue weighted by Crippen LogP contribution is 2.40. The average Bonchev–Trinajstić information content (AvgIpc) is 3.31. The molecule has 35 heavy (non-hydrogen) atoms. The van der Waals surface area contributed by atoms with E-state index in [9.17, 15) is 4.79 Å². The molecular weight excluding hydrogens is 440 g/mol. The van der Waals surface area contributed by atoms with Gasteiger partial charge in [-0.05, 0) is 56.5 Å². The second-order valence-corrected chi connectivity index (χ2v) is 9.98. The van der Waals surface area contributed by atoms with Crippen molar-refractivity contribution in [1.82, 2.24) is 20.1 Å². The summed E-state index contributed by atoms with van der Waals surface area (Å²) in [5.74, 6) is 6.25. The first kappa shape index (κ1) is 23.3. The van der Waals surface area contributed by atoms with E-state index < -0.39 is 6.29 Å². The summed E-state index contributed by atoms with van der Waals surface area (Å²) >= 11 is 0. The molecule has 3 aromatic rings. The van der Waals surface area contributed by atoms with Gasteiger partial charge in [-0.3, -0.25) is 25.5 Å². The third-order valence-electron chi connectivity index (χ3n) is 7.69. The average molecular weight is 475 g/mol. The van der Waals surface area contributed by atoms with Crippen molar-refractivity contribution in [2.24, 2.45) is 23.2 Å². The number of amides is 1. The van der Waals surface area contributed by atoms with Crippen molar-refractivity contribution in [2.45, 2.75) is 45.1 Å². The zero-order valence-corrected chi connectivity index (χ0v) is 20.3. The Labute approximate surface area is 205 Å². The number of anilines is 1. The van der Waals surface area contributed by atoms with Crippen LogP contribution in [0, 0.1) is 12.8 Å². The molecule has 1 aromatic heterocycles. The Kier molecular flexibility index (Phi) is 6.00. The third kappa shape index (κ3) is 4.27. The minimum atomic E-state index is -0.540. The van der Waals surface area contributed by atoms with Crippen LogP contribution in [0.1, 0.15) is 30.9 Å². The van der Waals surface area contributed by atoms with Crippen LogP contribution in [-0.2, 0) is 11.3 Å². The topological polar surface area (TPSA) is 134 Å². The number of nitrogens with two attached hydrogens (primary N) is 3. The van der Waals surface area contributed by atoms with Gasteiger partial charge in [0.25, 0.3) is 0 Å². The lowest BCUT2D eigenvalue weighted by atomic mass is 9.79. The van der Waals surface area contributed by atoms with E-state index in [1.54, 1.807) is 11.2 Å². The van der Waals surface area contributed by atoms with Crippen molar-refractivity contribution in [3.05, 3.63) is 71.6 Å². The fourth-order valence-electron chi connectivity index (χ4n) is 5.40. The number of hydrazine groups is 1. The highest BCUT2D eigenvalue weighted by Gasteiger charge is 2.45. The second kappa shape index (κ2) is 8.99. The van der Waals surface area contributed by atoms with Crippen LogP contribution >= 0.6 is 0 Å². The van der Waals surface area contributed by atoms with E-state index in [0.717, 1.165) is 35.1 Å². The van der Waals surface area contributed by atoms with Gasteiger partial charge < -0.3 is 10.6 Å². The summed E-state index contributed by atoms with van der Waals surface area (Å²) in [5, 5.41) is 9.85. The molecule has 3 heterocycles. The predicted octanol–water partition coefficient (Wildman–Crippen LogP) is 2.15. The van der Waals surface area contributed by atoms with Crippen LogP contribution in [0.3, 0.4) is 0 Å². The van der Waals surface area contributed by atoms with Gasteiger partial charge in [0.1, 0.15) is 0 Å². The third-order valence-corrected chi connectivity index (χ3v) is 7.69. The van der Waals surface area contributed by atoms with Gasteiger partial charge in [0.05, 0.1) is 28.9 Å². The highest BCUT2D eigenvalue weighted by molar-refractivity contribution is 5.82. The molecule has 1 saturated heterocycles. The molecule has 3 atom stereocenters. The monoisotopic (exact) mass is 474 g/mol. The number of hydrogen-bond donors (Lipinski definition) is 4. The number of primary amides is 1. The van der Waals surface area contributed by atoms with E-state index in [2.05, 4.69) is 64.2 Å². The molecule has 7 N–H and O–H groups in total. The molecule has 0 radical (unpaired) electrons. The molecule has 0 spiro atoms. The summed E-state index contributed by atoms with van der Waals surface area (Å²) in [5.41, 5.74) is 17.3. The van der Waals surface area contributed by atoms with Crippen LogP contribution in [0.25, 0.3) is 10.9 Å². The number of nitrogens with zero attached hydrogens (tertiary/aromatic N) is 4. The molecule has 2 aliphatic rings. The maximum atomic E-state index is 12.1. The van der Waals surface area contributed by atoms with Crippen molar-refractivity contribution >= 4 is 22.5 Å². The van der Waals surface area contributed by atoms with E-state index in [1.807, 2.05) is 18.2 Å². The molecule has 2 aromatic carbocycles. The van der Waals surface area contributed by atoms with Gasteiger partial charge in [-0.15, -0.1) is 0 Å². The Bertz CT molecular complexity index is 1250. The lowest BCUT2D eigenvalue weighted by molar-refractivity contribution is -0.125. The van der Waals surface area contributed by atoms with Crippen molar-refractivity contribution in [1.29, 1.82) is 0 Å². The summed E-state index contributed by atoms with van der Waals surface area (Å²) in [6.07, 6.45) is 4.90. The number of nitrogens with one attached hydrogen (secondary N) is 1. The van der Waals surface area contributed by atoms with Crippen LogP contribution in [-0.4, -0.2) is 50.9 Å². The summed E-state index contributed by atoms with van der Waals surface area (Å²) in [6, 6.07) is 14.6. The molecule has 1 amide bonds. The van der Waals surface area contributed by atoms with E-state index in [4.69, 9.17) is 17.3 Å². The number of H-pyrrole nitrogens is 1. The maximum Gasteiger partial charge on any atom is 0.221 e. The second-order valence-electron chi connectivity index (χ2n) is 9.98.